The first-order chi connectivity index (χ1) is 17.1. The van der Waals surface area contributed by atoms with Gasteiger partial charge in [-0.15, -0.1) is 0 Å². The molecule has 3 N–H and O–H groups in total. The van der Waals surface area contributed by atoms with E-state index in [0.717, 1.165) is 44.4 Å². The first-order valence-corrected chi connectivity index (χ1v) is 11.4. The summed E-state index contributed by atoms with van der Waals surface area (Å²) in [5.74, 6) is -0.286. The Bertz CT molecular complexity index is 1310. The van der Waals surface area contributed by atoms with Crippen LogP contribution in [0.15, 0.2) is 65.2 Å². The number of nitrogens with zero attached hydrogens (tertiary/aromatic N) is 3. The molecule has 1 aliphatic rings. The Morgan fingerprint density at radius 2 is 1.86 bits per heavy atom. The van der Waals surface area contributed by atoms with Gasteiger partial charge in [0.05, 0.1) is 19.4 Å². The second-order valence-corrected chi connectivity index (χ2v) is 8.08. The number of carbonyl (C=O) groups excluding carboxylic acids is 1. The van der Waals surface area contributed by atoms with Gasteiger partial charge in [-0.05, 0) is 36.4 Å². The lowest BCUT2D eigenvalue weighted by molar-refractivity contribution is 0.0382. The van der Waals surface area contributed by atoms with E-state index in [-0.39, 0.29) is 23.4 Å². The van der Waals surface area contributed by atoms with E-state index in [4.69, 9.17) is 9.15 Å². The van der Waals surface area contributed by atoms with Crippen LogP contribution in [-0.4, -0.2) is 60.2 Å². The van der Waals surface area contributed by atoms with Crippen molar-refractivity contribution >= 4 is 40.0 Å². The molecule has 1 aliphatic heterocycles. The fourth-order valence-electron chi connectivity index (χ4n) is 3.77. The minimum absolute atomic E-state index is 0.0640. The lowest BCUT2D eigenvalue weighted by Gasteiger charge is -2.26. The van der Waals surface area contributed by atoms with Crippen molar-refractivity contribution in [2.45, 2.75) is 0 Å². The number of amides is 1. The van der Waals surface area contributed by atoms with Gasteiger partial charge in [0.25, 0.3) is 5.91 Å². The number of halogens is 1. The zero-order chi connectivity index (χ0) is 24.0. The van der Waals surface area contributed by atoms with E-state index in [2.05, 4.69) is 30.8 Å². The Balaban J connectivity index is 1.23. The molecular weight excluding hydrogens is 451 g/mol. The second-order valence-electron chi connectivity index (χ2n) is 8.08. The first kappa shape index (κ1) is 22.8. The number of ether oxygens (including phenoxy) is 1. The highest BCUT2D eigenvalue weighted by Crippen LogP contribution is 2.25. The molecule has 2 aromatic heterocycles. The molecule has 4 aromatic rings. The van der Waals surface area contributed by atoms with Crippen LogP contribution >= 0.6 is 0 Å². The average molecular weight is 477 g/mol. The third kappa shape index (κ3) is 5.73. The van der Waals surface area contributed by atoms with E-state index >= 15 is 0 Å². The smallest absolute Gasteiger partial charge is 0.287 e. The van der Waals surface area contributed by atoms with Gasteiger partial charge in [-0.25, -0.2) is 9.37 Å². The van der Waals surface area contributed by atoms with Gasteiger partial charge in [0.1, 0.15) is 5.58 Å². The van der Waals surface area contributed by atoms with Crippen LogP contribution in [0.1, 0.15) is 10.6 Å². The minimum Gasteiger partial charge on any atom is -0.451 e. The molecule has 1 fully saturated rings. The highest BCUT2D eigenvalue weighted by atomic mass is 19.1. The number of aromatic nitrogens is 2. The van der Waals surface area contributed by atoms with Crippen molar-refractivity contribution in [3.8, 4) is 0 Å². The molecule has 0 saturated carbocycles. The van der Waals surface area contributed by atoms with Gasteiger partial charge in [0.2, 0.25) is 5.95 Å². The van der Waals surface area contributed by atoms with E-state index in [1.165, 1.54) is 0 Å². The van der Waals surface area contributed by atoms with Crippen LogP contribution in [0.25, 0.3) is 11.0 Å². The van der Waals surface area contributed by atoms with Gasteiger partial charge >= 0.3 is 0 Å². The van der Waals surface area contributed by atoms with Crippen LogP contribution in [0, 0.1) is 5.82 Å². The SMILES string of the molecule is O=C(NCCN1CCOCC1)c1cc2cc(Nc3ncc(F)c(Nc4ccccc4)n3)ccc2o1. The molecule has 1 amide bonds. The maximum absolute atomic E-state index is 14.2. The number of benzene rings is 2. The summed E-state index contributed by atoms with van der Waals surface area (Å²) in [4.78, 5) is 23.0. The standard InChI is InChI=1S/C25H25FN6O3/c26-20-16-28-25(31-23(20)29-18-4-2-1-3-5-18)30-19-6-7-21-17(14-19)15-22(35-21)24(33)27-8-9-32-10-12-34-13-11-32/h1-7,14-16H,8-13H2,(H,27,33)(H2,28,29,30,31). The van der Waals surface area contributed by atoms with Crippen LogP contribution in [0.3, 0.4) is 0 Å². The van der Waals surface area contributed by atoms with Gasteiger partial charge in [-0.3, -0.25) is 9.69 Å². The van der Waals surface area contributed by atoms with Gasteiger partial charge < -0.3 is 25.1 Å². The summed E-state index contributed by atoms with van der Waals surface area (Å²) in [5, 5.41) is 9.67. The monoisotopic (exact) mass is 476 g/mol. The number of furan rings is 1. The molecular formula is C25H25FN6O3. The Morgan fingerprint density at radius 1 is 1.03 bits per heavy atom. The second kappa shape index (κ2) is 10.5. The first-order valence-electron chi connectivity index (χ1n) is 11.4. The topological polar surface area (TPSA) is 105 Å². The third-order valence-corrected chi connectivity index (χ3v) is 5.59. The van der Waals surface area contributed by atoms with Crippen LogP contribution in [0.5, 0.6) is 0 Å². The number of nitrogens with one attached hydrogen (secondary N) is 3. The fourth-order valence-corrected chi connectivity index (χ4v) is 3.77. The lowest BCUT2D eigenvalue weighted by Crippen LogP contribution is -2.41. The van der Waals surface area contributed by atoms with Crippen molar-refractivity contribution < 1.29 is 18.3 Å². The maximum atomic E-state index is 14.2. The average Bonchev–Trinajstić information content (AvgIpc) is 3.31. The number of carbonyl (C=O) groups is 1. The number of hydrogen-bond donors (Lipinski definition) is 3. The number of para-hydroxylation sites is 1. The zero-order valence-electron chi connectivity index (χ0n) is 19.0. The number of morpholine rings is 1. The van der Waals surface area contributed by atoms with Gasteiger partial charge in [0.15, 0.2) is 17.4 Å². The highest BCUT2D eigenvalue weighted by Gasteiger charge is 2.15. The van der Waals surface area contributed by atoms with Crippen LogP contribution in [-0.2, 0) is 4.74 Å². The number of rotatable bonds is 8. The molecule has 180 valence electrons. The summed E-state index contributed by atoms with van der Waals surface area (Å²) in [6.07, 6.45) is 1.11. The summed E-state index contributed by atoms with van der Waals surface area (Å²) >= 11 is 0. The fraction of sp³-hybridized carbons (Fsp3) is 0.240. The number of fused-ring (bicyclic) bond motifs is 1. The Hall–Kier alpha value is -4.02. The summed E-state index contributed by atoms with van der Waals surface area (Å²) in [6, 6.07) is 16.3. The molecule has 9 nitrogen and oxygen atoms in total. The van der Waals surface area contributed by atoms with E-state index in [1.54, 1.807) is 18.2 Å². The van der Waals surface area contributed by atoms with Gasteiger partial charge in [-0.2, -0.15) is 4.98 Å². The Morgan fingerprint density at radius 3 is 2.69 bits per heavy atom. The van der Waals surface area contributed by atoms with Crippen LogP contribution in [0.4, 0.5) is 27.5 Å². The van der Waals surface area contributed by atoms with Crippen molar-refractivity contribution in [3.05, 3.63) is 72.4 Å². The molecule has 2 aromatic carbocycles. The van der Waals surface area contributed by atoms with Crippen molar-refractivity contribution in [2.24, 2.45) is 0 Å². The Labute approximate surface area is 201 Å². The maximum Gasteiger partial charge on any atom is 0.287 e. The quantitative estimate of drug-likeness (QED) is 0.352. The van der Waals surface area contributed by atoms with Crippen molar-refractivity contribution in [3.63, 3.8) is 0 Å². The highest BCUT2D eigenvalue weighted by molar-refractivity contribution is 5.96. The normalized spacial score (nSPS) is 14.1. The van der Waals surface area contributed by atoms with Crippen LogP contribution in [0.2, 0.25) is 0 Å². The van der Waals surface area contributed by atoms with Gasteiger partial charge in [-0.1, -0.05) is 18.2 Å². The van der Waals surface area contributed by atoms with E-state index in [9.17, 15) is 9.18 Å². The molecule has 0 bridgehead atoms. The minimum atomic E-state index is -0.561. The third-order valence-electron chi connectivity index (χ3n) is 5.59. The van der Waals surface area contributed by atoms with Gasteiger partial charge in [0, 0.05) is 42.9 Å². The van der Waals surface area contributed by atoms with Crippen molar-refractivity contribution in [1.82, 2.24) is 20.2 Å². The molecule has 0 spiro atoms. The van der Waals surface area contributed by atoms with E-state index < -0.39 is 5.82 Å². The van der Waals surface area contributed by atoms with E-state index in [0.29, 0.717) is 23.5 Å². The molecule has 0 radical (unpaired) electrons. The molecule has 5 rings (SSSR count). The summed E-state index contributed by atoms with van der Waals surface area (Å²) in [7, 11) is 0. The summed E-state index contributed by atoms with van der Waals surface area (Å²) < 4.78 is 25.3. The Kier molecular flexibility index (Phi) is 6.82. The van der Waals surface area contributed by atoms with Crippen molar-refractivity contribution in [2.75, 3.05) is 50.0 Å². The molecule has 10 heteroatoms. The molecule has 0 atom stereocenters. The molecule has 3 heterocycles. The molecule has 0 unspecified atom stereocenters. The predicted octanol–water partition coefficient (Wildman–Crippen LogP) is 3.91. The number of hydrogen-bond acceptors (Lipinski definition) is 8. The predicted molar refractivity (Wildman–Crippen MR) is 131 cm³/mol. The lowest BCUT2D eigenvalue weighted by atomic mass is 10.2. The largest absolute Gasteiger partial charge is 0.451 e. The molecule has 35 heavy (non-hydrogen) atoms. The molecule has 1 saturated heterocycles. The number of anilines is 4. The summed E-state index contributed by atoms with van der Waals surface area (Å²) in [5.41, 5.74) is 1.97. The summed E-state index contributed by atoms with van der Waals surface area (Å²) in [6.45, 7) is 4.49. The zero-order valence-corrected chi connectivity index (χ0v) is 19.0. The van der Waals surface area contributed by atoms with E-state index in [1.807, 2.05) is 36.4 Å². The van der Waals surface area contributed by atoms with Crippen LogP contribution < -0.4 is 16.0 Å². The molecule has 0 aliphatic carbocycles. The van der Waals surface area contributed by atoms with Crippen molar-refractivity contribution in [1.29, 1.82) is 0 Å².